The summed E-state index contributed by atoms with van der Waals surface area (Å²) in [4.78, 5) is 38.2. The van der Waals surface area contributed by atoms with Gasteiger partial charge >= 0.3 is 12.1 Å². The van der Waals surface area contributed by atoms with Crippen LogP contribution in [0.4, 0.5) is 15.3 Å². The van der Waals surface area contributed by atoms with E-state index in [9.17, 15) is 14.4 Å². The first-order valence-corrected chi connectivity index (χ1v) is 10.2. The van der Waals surface area contributed by atoms with Gasteiger partial charge < -0.3 is 25.6 Å². The highest BCUT2D eigenvalue weighted by atomic mass is 16.6. The second-order valence-electron chi connectivity index (χ2n) is 8.66. The Balaban J connectivity index is 1.45. The summed E-state index contributed by atoms with van der Waals surface area (Å²) in [5.74, 6) is -0.0466. The number of ether oxygens (including phenoxy) is 1. The maximum absolute atomic E-state index is 12.7. The zero-order chi connectivity index (χ0) is 21.0. The van der Waals surface area contributed by atoms with Crippen LogP contribution in [-0.4, -0.2) is 53.7 Å². The van der Waals surface area contributed by atoms with Gasteiger partial charge in [-0.2, -0.15) is 0 Å². The molecule has 1 aromatic carbocycles. The lowest BCUT2D eigenvalue weighted by Gasteiger charge is -2.33. The van der Waals surface area contributed by atoms with E-state index in [1.54, 1.807) is 29.2 Å². The van der Waals surface area contributed by atoms with E-state index in [1.807, 2.05) is 20.8 Å². The fourth-order valence-corrected chi connectivity index (χ4v) is 3.16. The van der Waals surface area contributed by atoms with Gasteiger partial charge in [-0.25, -0.2) is 9.59 Å². The van der Waals surface area contributed by atoms with E-state index in [0.29, 0.717) is 43.2 Å². The molecule has 0 bridgehead atoms. The van der Waals surface area contributed by atoms with Crippen molar-refractivity contribution in [1.29, 1.82) is 0 Å². The van der Waals surface area contributed by atoms with Gasteiger partial charge in [0.25, 0.3) is 5.91 Å². The van der Waals surface area contributed by atoms with Gasteiger partial charge in [-0.3, -0.25) is 4.79 Å². The second kappa shape index (κ2) is 8.71. The summed E-state index contributed by atoms with van der Waals surface area (Å²) in [7, 11) is 0. The Morgan fingerprint density at radius 3 is 2.07 bits per heavy atom. The number of rotatable bonds is 4. The highest BCUT2D eigenvalue weighted by molar-refractivity contribution is 5.95. The van der Waals surface area contributed by atoms with Crippen molar-refractivity contribution in [2.45, 2.75) is 64.1 Å². The van der Waals surface area contributed by atoms with E-state index in [1.165, 1.54) is 0 Å². The Kier molecular flexibility index (Phi) is 6.30. The standard InChI is InChI=1S/C21H30N4O4/c1-21(2,3)29-20(28)24-17-10-12-25(13-11-17)18(26)14-4-6-15(7-5-14)22-19(27)23-16-8-9-16/h4-7,16-17H,8-13H2,1-3H3,(H,24,28)(H2,22,23,27). The van der Waals surface area contributed by atoms with Crippen LogP contribution < -0.4 is 16.0 Å². The third-order valence-corrected chi connectivity index (χ3v) is 4.81. The number of alkyl carbamates (subject to hydrolysis) is 1. The van der Waals surface area contributed by atoms with Crippen LogP contribution in [0.3, 0.4) is 0 Å². The van der Waals surface area contributed by atoms with Crippen molar-refractivity contribution < 1.29 is 19.1 Å². The smallest absolute Gasteiger partial charge is 0.407 e. The minimum absolute atomic E-state index is 0.00505. The van der Waals surface area contributed by atoms with E-state index in [2.05, 4.69) is 16.0 Å². The topological polar surface area (TPSA) is 99.8 Å². The van der Waals surface area contributed by atoms with Crippen LogP contribution in [0, 0.1) is 0 Å². The summed E-state index contributed by atoms with van der Waals surface area (Å²) < 4.78 is 5.28. The van der Waals surface area contributed by atoms with Crippen molar-refractivity contribution in [1.82, 2.24) is 15.5 Å². The number of nitrogens with zero attached hydrogens (tertiary/aromatic N) is 1. The number of nitrogens with one attached hydrogen (secondary N) is 3. The molecule has 2 aliphatic rings. The molecule has 0 atom stereocenters. The molecule has 4 amide bonds. The first-order chi connectivity index (χ1) is 13.7. The van der Waals surface area contributed by atoms with Gasteiger partial charge in [0.05, 0.1) is 0 Å². The van der Waals surface area contributed by atoms with Crippen molar-refractivity contribution in [2.24, 2.45) is 0 Å². The molecule has 1 aliphatic heterocycles. The lowest BCUT2D eigenvalue weighted by atomic mass is 10.0. The van der Waals surface area contributed by atoms with Crippen LogP contribution in [0.1, 0.15) is 56.8 Å². The van der Waals surface area contributed by atoms with Crippen molar-refractivity contribution in [3.8, 4) is 0 Å². The Labute approximate surface area is 171 Å². The highest BCUT2D eigenvalue weighted by Crippen LogP contribution is 2.19. The summed E-state index contributed by atoms with van der Waals surface area (Å²) in [6, 6.07) is 6.99. The summed E-state index contributed by atoms with van der Waals surface area (Å²) in [6.45, 7) is 6.63. The molecule has 1 saturated carbocycles. The van der Waals surface area contributed by atoms with Crippen LogP contribution in [0.15, 0.2) is 24.3 Å². The number of carbonyl (C=O) groups excluding carboxylic acids is 3. The van der Waals surface area contributed by atoms with E-state index >= 15 is 0 Å². The van der Waals surface area contributed by atoms with Gasteiger partial charge in [0.15, 0.2) is 0 Å². The average Bonchev–Trinajstić information content (AvgIpc) is 3.44. The maximum atomic E-state index is 12.7. The lowest BCUT2D eigenvalue weighted by molar-refractivity contribution is 0.0473. The first-order valence-electron chi connectivity index (χ1n) is 10.2. The van der Waals surface area contributed by atoms with E-state index < -0.39 is 11.7 Å². The summed E-state index contributed by atoms with van der Waals surface area (Å²) in [6.07, 6.45) is 3.02. The van der Waals surface area contributed by atoms with Crippen LogP contribution in [-0.2, 0) is 4.74 Å². The molecule has 0 spiro atoms. The molecule has 29 heavy (non-hydrogen) atoms. The van der Waals surface area contributed by atoms with Crippen LogP contribution in [0.25, 0.3) is 0 Å². The normalized spacial score (nSPS) is 17.4. The minimum Gasteiger partial charge on any atom is -0.444 e. The molecule has 3 rings (SSSR count). The highest BCUT2D eigenvalue weighted by Gasteiger charge is 2.26. The number of benzene rings is 1. The monoisotopic (exact) mass is 402 g/mol. The number of amides is 4. The number of hydrogen-bond acceptors (Lipinski definition) is 4. The van der Waals surface area contributed by atoms with E-state index in [-0.39, 0.29) is 18.0 Å². The zero-order valence-corrected chi connectivity index (χ0v) is 17.3. The molecular formula is C21H30N4O4. The van der Waals surface area contributed by atoms with Crippen molar-refractivity contribution in [3.63, 3.8) is 0 Å². The summed E-state index contributed by atoms with van der Waals surface area (Å²) in [5, 5.41) is 8.50. The number of carbonyl (C=O) groups is 3. The van der Waals surface area contributed by atoms with Gasteiger partial charge in [0.1, 0.15) is 5.60 Å². The molecule has 1 saturated heterocycles. The van der Waals surface area contributed by atoms with Gasteiger partial charge in [0, 0.05) is 36.4 Å². The Morgan fingerprint density at radius 1 is 0.931 bits per heavy atom. The van der Waals surface area contributed by atoms with E-state index in [4.69, 9.17) is 4.74 Å². The largest absolute Gasteiger partial charge is 0.444 e. The molecule has 8 nitrogen and oxygen atoms in total. The average molecular weight is 402 g/mol. The van der Waals surface area contributed by atoms with Crippen LogP contribution in [0.2, 0.25) is 0 Å². The van der Waals surface area contributed by atoms with Gasteiger partial charge in [-0.05, 0) is 70.7 Å². The molecule has 2 fully saturated rings. The maximum Gasteiger partial charge on any atom is 0.407 e. The number of anilines is 1. The minimum atomic E-state index is -0.527. The Morgan fingerprint density at radius 2 is 1.52 bits per heavy atom. The third-order valence-electron chi connectivity index (χ3n) is 4.81. The van der Waals surface area contributed by atoms with Crippen LogP contribution in [0.5, 0.6) is 0 Å². The number of likely N-dealkylation sites (tertiary alicyclic amines) is 1. The Hall–Kier alpha value is -2.77. The number of piperidine rings is 1. The molecule has 0 radical (unpaired) electrons. The summed E-state index contributed by atoms with van der Waals surface area (Å²) in [5.41, 5.74) is 0.706. The molecule has 3 N–H and O–H groups in total. The molecule has 158 valence electrons. The van der Waals surface area contributed by atoms with Crippen molar-refractivity contribution >= 4 is 23.7 Å². The molecule has 1 aliphatic carbocycles. The molecule has 8 heteroatoms. The number of urea groups is 1. The molecular weight excluding hydrogens is 372 g/mol. The SMILES string of the molecule is CC(C)(C)OC(=O)NC1CCN(C(=O)c2ccc(NC(=O)NC3CC3)cc2)CC1. The molecule has 1 aromatic rings. The number of hydrogen-bond donors (Lipinski definition) is 3. The van der Waals surface area contributed by atoms with Gasteiger partial charge in [0.2, 0.25) is 0 Å². The fraction of sp³-hybridized carbons (Fsp3) is 0.571. The Bertz CT molecular complexity index is 745. The van der Waals surface area contributed by atoms with Gasteiger partial charge in [-0.1, -0.05) is 0 Å². The summed E-state index contributed by atoms with van der Waals surface area (Å²) >= 11 is 0. The van der Waals surface area contributed by atoms with Gasteiger partial charge in [-0.15, -0.1) is 0 Å². The third kappa shape index (κ3) is 6.66. The first kappa shape index (κ1) is 21.0. The lowest BCUT2D eigenvalue weighted by Crippen LogP contribution is -2.47. The van der Waals surface area contributed by atoms with Crippen molar-refractivity contribution in [2.75, 3.05) is 18.4 Å². The predicted molar refractivity (Wildman–Crippen MR) is 110 cm³/mol. The van der Waals surface area contributed by atoms with Crippen LogP contribution >= 0.6 is 0 Å². The molecule has 0 unspecified atom stereocenters. The second-order valence-corrected chi connectivity index (χ2v) is 8.66. The quantitative estimate of drug-likeness (QED) is 0.720. The molecule has 1 heterocycles. The predicted octanol–water partition coefficient (Wildman–Crippen LogP) is 3.10. The van der Waals surface area contributed by atoms with E-state index in [0.717, 1.165) is 12.8 Å². The zero-order valence-electron chi connectivity index (χ0n) is 17.3. The fourth-order valence-electron chi connectivity index (χ4n) is 3.16. The molecule has 0 aromatic heterocycles. The van der Waals surface area contributed by atoms with Crippen molar-refractivity contribution in [3.05, 3.63) is 29.8 Å².